The van der Waals surface area contributed by atoms with Gasteiger partial charge >= 0.3 is 0 Å². The van der Waals surface area contributed by atoms with Gasteiger partial charge in [0, 0.05) is 30.6 Å². The summed E-state index contributed by atoms with van der Waals surface area (Å²) in [5, 5.41) is 4.77. The van der Waals surface area contributed by atoms with E-state index < -0.39 is 0 Å². The van der Waals surface area contributed by atoms with E-state index in [4.69, 9.17) is 0 Å². The SMILES string of the molecule is c1ccc2ncc(N3CC4CC3CN4)cc2c1. The fourth-order valence-corrected chi connectivity index (χ4v) is 3.09. The van der Waals surface area contributed by atoms with E-state index in [-0.39, 0.29) is 0 Å². The highest BCUT2D eigenvalue weighted by atomic mass is 15.3. The molecule has 3 heterocycles. The maximum Gasteiger partial charge on any atom is 0.0703 e. The van der Waals surface area contributed by atoms with Gasteiger partial charge in [-0.25, -0.2) is 0 Å². The minimum atomic E-state index is 0.669. The maximum atomic E-state index is 4.55. The number of piperazine rings is 1. The highest BCUT2D eigenvalue weighted by Crippen LogP contribution is 2.30. The van der Waals surface area contributed by atoms with Gasteiger partial charge in [-0.05, 0) is 18.6 Å². The Morgan fingerprint density at radius 3 is 3.06 bits per heavy atom. The van der Waals surface area contributed by atoms with Crippen LogP contribution in [0.4, 0.5) is 5.69 Å². The van der Waals surface area contributed by atoms with E-state index in [1.54, 1.807) is 0 Å². The summed E-state index contributed by atoms with van der Waals surface area (Å²) in [6.45, 7) is 2.25. The maximum absolute atomic E-state index is 4.55. The first-order chi connectivity index (χ1) is 8.40. The monoisotopic (exact) mass is 225 g/mol. The van der Waals surface area contributed by atoms with Crippen molar-refractivity contribution in [1.29, 1.82) is 0 Å². The van der Waals surface area contributed by atoms with Gasteiger partial charge in [0.15, 0.2) is 0 Å². The van der Waals surface area contributed by atoms with Gasteiger partial charge in [-0.1, -0.05) is 18.2 Å². The summed E-state index contributed by atoms with van der Waals surface area (Å²) in [5.41, 5.74) is 2.36. The Morgan fingerprint density at radius 2 is 2.24 bits per heavy atom. The van der Waals surface area contributed by atoms with E-state index in [1.807, 2.05) is 12.3 Å². The van der Waals surface area contributed by atoms with Crippen molar-refractivity contribution in [3.63, 3.8) is 0 Å². The van der Waals surface area contributed by atoms with Crippen LogP contribution in [0.5, 0.6) is 0 Å². The van der Waals surface area contributed by atoms with Crippen molar-refractivity contribution in [2.75, 3.05) is 18.0 Å². The molecule has 2 aliphatic rings. The van der Waals surface area contributed by atoms with Crippen molar-refractivity contribution in [3.8, 4) is 0 Å². The molecule has 3 heteroatoms. The van der Waals surface area contributed by atoms with Gasteiger partial charge in [-0.3, -0.25) is 4.98 Å². The number of fused-ring (bicyclic) bond motifs is 3. The minimum Gasteiger partial charge on any atom is -0.364 e. The zero-order chi connectivity index (χ0) is 11.2. The Labute approximate surface area is 100 Å². The third kappa shape index (κ3) is 1.42. The van der Waals surface area contributed by atoms with Crippen LogP contribution in [0.2, 0.25) is 0 Å². The first-order valence-electron chi connectivity index (χ1n) is 6.25. The van der Waals surface area contributed by atoms with Crippen LogP contribution in [0.15, 0.2) is 36.5 Å². The fraction of sp³-hybridized carbons (Fsp3) is 0.357. The van der Waals surface area contributed by atoms with Crippen molar-refractivity contribution in [1.82, 2.24) is 10.3 Å². The summed E-state index contributed by atoms with van der Waals surface area (Å²) in [4.78, 5) is 7.05. The molecule has 0 aliphatic carbocycles. The standard InChI is InChI=1S/C14H15N3/c1-2-4-14-10(3-1)5-12(8-16-14)17-9-11-6-13(17)7-15-11/h1-5,8,11,13,15H,6-7,9H2. The van der Waals surface area contributed by atoms with Crippen molar-refractivity contribution in [2.24, 2.45) is 0 Å². The molecule has 0 amide bonds. The average molecular weight is 225 g/mol. The first-order valence-corrected chi connectivity index (χ1v) is 6.25. The molecule has 3 nitrogen and oxygen atoms in total. The summed E-state index contributed by atoms with van der Waals surface area (Å²) >= 11 is 0. The number of hydrogen-bond acceptors (Lipinski definition) is 3. The third-order valence-corrected chi connectivity index (χ3v) is 3.96. The van der Waals surface area contributed by atoms with Gasteiger partial charge in [0.05, 0.1) is 17.4 Å². The lowest BCUT2D eigenvalue weighted by Crippen LogP contribution is -2.43. The topological polar surface area (TPSA) is 28.2 Å². The Bertz CT molecular complexity index is 566. The van der Waals surface area contributed by atoms with Gasteiger partial charge in [-0.2, -0.15) is 0 Å². The lowest BCUT2D eigenvalue weighted by Gasteiger charge is -2.29. The number of nitrogens with one attached hydrogen (secondary N) is 1. The van der Waals surface area contributed by atoms with E-state index in [9.17, 15) is 0 Å². The number of anilines is 1. The molecule has 0 saturated carbocycles. The fourth-order valence-electron chi connectivity index (χ4n) is 3.09. The van der Waals surface area contributed by atoms with Crippen molar-refractivity contribution < 1.29 is 0 Å². The molecule has 0 radical (unpaired) electrons. The third-order valence-electron chi connectivity index (χ3n) is 3.96. The van der Waals surface area contributed by atoms with Gasteiger partial charge < -0.3 is 10.2 Å². The number of nitrogens with zero attached hydrogens (tertiary/aromatic N) is 2. The van der Waals surface area contributed by atoms with E-state index in [0.29, 0.717) is 12.1 Å². The number of rotatable bonds is 1. The van der Waals surface area contributed by atoms with Crippen LogP contribution >= 0.6 is 0 Å². The van der Waals surface area contributed by atoms with Gasteiger partial charge in [-0.15, -0.1) is 0 Å². The van der Waals surface area contributed by atoms with Crippen LogP contribution in [-0.4, -0.2) is 30.2 Å². The van der Waals surface area contributed by atoms with Gasteiger partial charge in [0.2, 0.25) is 0 Å². The number of hydrogen-bond donors (Lipinski definition) is 1. The molecular weight excluding hydrogens is 210 g/mol. The number of benzene rings is 1. The van der Waals surface area contributed by atoms with E-state index in [1.165, 1.54) is 17.5 Å². The Balaban J connectivity index is 1.76. The molecule has 0 spiro atoms. The minimum absolute atomic E-state index is 0.669. The molecule has 2 unspecified atom stereocenters. The molecule has 17 heavy (non-hydrogen) atoms. The molecule has 2 atom stereocenters. The molecule has 1 aromatic heterocycles. The molecule has 1 aromatic carbocycles. The molecule has 2 aliphatic heterocycles. The summed E-state index contributed by atoms with van der Waals surface area (Å²) < 4.78 is 0. The van der Waals surface area contributed by atoms with Crippen molar-refractivity contribution >= 4 is 16.6 Å². The van der Waals surface area contributed by atoms with Crippen LogP contribution < -0.4 is 10.2 Å². The van der Waals surface area contributed by atoms with E-state index >= 15 is 0 Å². The summed E-state index contributed by atoms with van der Waals surface area (Å²) in [6, 6.07) is 11.9. The first kappa shape index (κ1) is 9.42. The average Bonchev–Trinajstić information content (AvgIpc) is 3.00. The van der Waals surface area contributed by atoms with Crippen LogP contribution in [-0.2, 0) is 0 Å². The Hall–Kier alpha value is -1.61. The van der Waals surface area contributed by atoms with Gasteiger partial charge in [0.1, 0.15) is 0 Å². The largest absolute Gasteiger partial charge is 0.364 e. The molecule has 4 rings (SSSR count). The predicted octanol–water partition coefficient (Wildman–Crippen LogP) is 1.79. The second-order valence-electron chi connectivity index (χ2n) is 5.03. The lowest BCUT2D eigenvalue weighted by atomic mass is 10.2. The lowest BCUT2D eigenvalue weighted by molar-refractivity contribution is 0.580. The Morgan fingerprint density at radius 1 is 1.29 bits per heavy atom. The number of aromatic nitrogens is 1. The van der Waals surface area contributed by atoms with Crippen LogP contribution in [0.1, 0.15) is 6.42 Å². The normalized spacial score (nSPS) is 26.9. The zero-order valence-corrected chi connectivity index (χ0v) is 9.63. The van der Waals surface area contributed by atoms with E-state index in [0.717, 1.165) is 18.6 Å². The number of para-hydroxylation sites is 1. The quantitative estimate of drug-likeness (QED) is 0.802. The summed E-state index contributed by atoms with van der Waals surface area (Å²) in [5.74, 6) is 0. The second kappa shape index (κ2) is 3.44. The zero-order valence-electron chi connectivity index (χ0n) is 9.63. The van der Waals surface area contributed by atoms with Crippen molar-refractivity contribution in [3.05, 3.63) is 36.5 Å². The molecule has 1 N–H and O–H groups in total. The summed E-state index contributed by atoms with van der Waals surface area (Å²) in [6.07, 6.45) is 3.30. The van der Waals surface area contributed by atoms with Crippen LogP contribution in [0.3, 0.4) is 0 Å². The van der Waals surface area contributed by atoms with Crippen LogP contribution in [0, 0.1) is 0 Å². The predicted molar refractivity (Wildman–Crippen MR) is 69.3 cm³/mol. The molecule has 2 bridgehead atoms. The molecule has 2 saturated heterocycles. The molecule has 2 fully saturated rings. The molecule has 2 aromatic rings. The number of pyridine rings is 1. The summed E-state index contributed by atoms with van der Waals surface area (Å²) in [7, 11) is 0. The smallest absolute Gasteiger partial charge is 0.0703 e. The highest BCUT2D eigenvalue weighted by Gasteiger charge is 2.37. The van der Waals surface area contributed by atoms with Gasteiger partial charge in [0.25, 0.3) is 0 Å². The highest BCUT2D eigenvalue weighted by molar-refractivity contribution is 5.81. The van der Waals surface area contributed by atoms with E-state index in [2.05, 4.69) is 39.5 Å². The van der Waals surface area contributed by atoms with Crippen molar-refractivity contribution in [2.45, 2.75) is 18.5 Å². The Kier molecular flexibility index (Phi) is 1.91. The molecule has 86 valence electrons. The second-order valence-corrected chi connectivity index (χ2v) is 5.03. The van der Waals surface area contributed by atoms with Crippen LogP contribution in [0.25, 0.3) is 10.9 Å². The molecular formula is C14H15N3.